The molecule has 1 N–H and O–H groups in total. The molecular formula is C17H24N4O3S. The molecule has 1 unspecified atom stereocenters. The Morgan fingerprint density at radius 1 is 1.36 bits per heavy atom. The van der Waals surface area contributed by atoms with Crippen LogP contribution in [-0.4, -0.2) is 69.2 Å². The van der Waals surface area contributed by atoms with Gasteiger partial charge in [-0.3, -0.25) is 4.79 Å². The van der Waals surface area contributed by atoms with E-state index < -0.39 is 10.0 Å². The van der Waals surface area contributed by atoms with E-state index in [1.54, 1.807) is 36.2 Å². The molecule has 0 bridgehead atoms. The van der Waals surface area contributed by atoms with Crippen LogP contribution >= 0.6 is 0 Å². The van der Waals surface area contributed by atoms with Crippen molar-refractivity contribution in [3.8, 4) is 0 Å². The van der Waals surface area contributed by atoms with Gasteiger partial charge in [0, 0.05) is 31.7 Å². The van der Waals surface area contributed by atoms with Crippen molar-refractivity contribution in [2.75, 3.05) is 33.2 Å². The second-order valence-electron chi connectivity index (χ2n) is 6.48. The maximum absolute atomic E-state index is 12.8. The molecule has 2 heterocycles. The number of hydrogen-bond acceptors (Lipinski definition) is 5. The van der Waals surface area contributed by atoms with E-state index in [4.69, 9.17) is 0 Å². The van der Waals surface area contributed by atoms with E-state index in [0.29, 0.717) is 17.9 Å². The lowest BCUT2D eigenvalue weighted by Gasteiger charge is -2.30. The molecule has 7 nitrogen and oxygen atoms in total. The van der Waals surface area contributed by atoms with Gasteiger partial charge in [0.05, 0.1) is 6.54 Å². The standard InChI is InChI=1S/C17H24N4O3S/c1-3-10-21(13-8-9-18-11-13)16(22)12-20(2)17-14-6-4-5-7-15(14)25(23,24)19-17/h4-7,13,18H,3,8-12H2,1-2H3. The molecule has 0 radical (unpaired) electrons. The molecule has 2 aliphatic heterocycles. The van der Waals surface area contributed by atoms with Crippen LogP contribution < -0.4 is 5.32 Å². The van der Waals surface area contributed by atoms with Crippen molar-refractivity contribution in [3.63, 3.8) is 0 Å². The molecule has 0 saturated carbocycles. The van der Waals surface area contributed by atoms with E-state index >= 15 is 0 Å². The largest absolute Gasteiger partial charge is 0.349 e. The van der Waals surface area contributed by atoms with Gasteiger partial charge in [0.15, 0.2) is 5.84 Å². The maximum Gasteiger partial charge on any atom is 0.285 e. The van der Waals surface area contributed by atoms with E-state index in [1.807, 2.05) is 4.90 Å². The Morgan fingerprint density at radius 3 is 2.80 bits per heavy atom. The van der Waals surface area contributed by atoms with E-state index in [2.05, 4.69) is 16.6 Å². The summed E-state index contributed by atoms with van der Waals surface area (Å²) in [5.41, 5.74) is 0.558. The summed E-state index contributed by atoms with van der Waals surface area (Å²) in [7, 11) is -1.96. The molecule has 2 aliphatic rings. The topological polar surface area (TPSA) is 82.1 Å². The first kappa shape index (κ1) is 17.9. The fraction of sp³-hybridized carbons (Fsp3) is 0.529. The smallest absolute Gasteiger partial charge is 0.285 e. The van der Waals surface area contributed by atoms with Crippen LogP contribution in [0.2, 0.25) is 0 Å². The number of nitrogens with zero attached hydrogens (tertiary/aromatic N) is 3. The third-order valence-electron chi connectivity index (χ3n) is 4.61. The Labute approximate surface area is 148 Å². The van der Waals surface area contributed by atoms with Crippen molar-refractivity contribution in [2.45, 2.75) is 30.7 Å². The number of hydrogen-bond donors (Lipinski definition) is 1. The van der Waals surface area contributed by atoms with Crippen molar-refractivity contribution in [3.05, 3.63) is 29.8 Å². The normalized spacial score (nSPS) is 20.9. The molecule has 1 amide bonds. The van der Waals surface area contributed by atoms with Crippen LogP contribution in [0.15, 0.2) is 33.6 Å². The molecule has 1 aromatic rings. The summed E-state index contributed by atoms with van der Waals surface area (Å²) in [5, 5.41) is 3.29. The molecule has 0 spiro atoms. The summed E-state index contributed by atoms with van der Waals surface area (Å²) in [6.07, 6.45) is 1.84. The lowest BCUT2D eigenvalue weighted by molar-refractivity contribution is -0.133. The van der Waals surface area contributed by atoms with Gasteiger partial charge >= 0.3 is 0 Å². The number of benzene rings is 1. The van der Waals surface area contributed by atoms with Crippen molar-refractivity contribution < 1.29 is 13.2 Å². The maximum atomic E-state index is 12.8. The molecule has 1 fully saturated rings. The predicted octanol–water partition coefficient (Wildman–Crippen LogP) is 0.668. The van der Waals surface area contributed by atoms with Gasteiger partial charge in [-0.2, -0.15) is 8.42 Å². The SMILES string of the molecule is CCCN(C(=O)CN(C)C1=NS(=O)(=O)c2ccccc21)C1CCNC1. The van der Waals surface area contributed by atoms with Crippen molar-refractivity contribution >= 4 is 21.8 Å². The van der Waals surface area contributed by atoms with E-state index in [-0.39, 0.29) is 23.4 Å². The van der Waals surface area contributed by atoms with Crippen molar-refractivity contribution in [1.82, 2.24) is 15.1 Å². The Bertz CT molecular complexity index is 785. The third-order valence-corrected chi connectivity index (χ3v) is 5.93. The molecule has 1 saturated heterocycles. The highest BCUT2D eigenvalue weighted by atomic mass is 32.2. The molecule has 1 aromatic carbocycles. The quantitative estimate of drug-likeness (QED) is 0.830. The summed E-state index contributed by atoms with van der Waals surface area (Å²) in [6.45, 7) is 4.61. The zero-order valence-corrected chi connectivity index (χ0v) is 15.4. The highest BCUT2D eigenvalue weighted by Gasteiger charge is 2.32. The lowest BCUT2D eigenvalue weighted by Crippen LogP contribution is -2.47. The third kappa shape index (κ3) is 3.55. The number of amides is 1. The minimum absolute atomic E-state index is 0.00234. The van der Waals surface area contributed by atoms with Gasteiger partial charge in [-0.15, -0.1) is 4.40 Å². The average molecular weight is 364 g/mol. The zero-order chi connectivity index (χ0) is 18.0. The molecular weight excluding hydrogens is 340 g/mol. The second kappa shape index (κ2) is 7.13. The van der Waals surface area contributed by atoms with E-state index in [9.17, 15) is 13.2 Å². The number of amidine groups is 1. The van der Waals surface area contributed by atoms with Crippen LogP contribution in [0, 0.1) is 0 Å². The number of carbonyl (C=O) groups excluding carboxylic acids is 1. The highest BCUT2D eigenvalue weighted by Crippen LogP contribution is 2.27. The summed E-state index contributed by atoms with van der Waals surface area (Å²) >= 11 is 0. The Hall–Kier alpha value is -1.93. The zero-order valence-electron chi connectivity index (χ0n) is 14.6. The molecule has 1 atom stereocenters. The van der Waals surface area contributed by atoms with Gasteiger partial charge in [0.1, 0.15) is 4.90 Å². The van der Waals surface area contributed by atoms with Gasteiger partial charge in [-0.1, -0.05) is 19.1 Å². The fourth-order valence-corrected chi connectivity index (χ4v) is 4.64. The summed E-state index contributed by atoms with van der Waals surface area (Å²) in [6, 6.07) is 6.94. The molecule has 3 rings (SSSR count). The van der Waals surface area contributed by atoms with Gasteiger partial charge in [0.25, 0.3) is 10.0 Å². The van der Waals surface area contributed by atoms with E-state index in [0.717, 1.165) is 25.9 Å². The Balaban J connectivity index is 1.77. The lowest BCUT2D eigenvalue weighted by atomic mass is 10.2. The van der Waals surface area contributed by atoms with Crippen LogP contribution in [0.5, 0.6) is 0 Å². The van der Waals surface area contributed by atoms with Crippen LogP contribution in [0.1, 0.15) is 25.3 Å². The number of nitrogens with one attached hydrogen (secondary N) is 1. The summed E-state index contributed by atoms with van der Waals surface area (Å²) in [4.78, 5) is 16.6. The summed E-state index contributed by atoms with van der Waals surface area (Å²) in [5.74, 6) is 0.340. The number of sulfonamides is 1. The first-order valence-corrected chi connectivity index (χ1v) is 10.0. The fourth-order valence-electron chi connectivity index (χ4n) is 3.39. The van der Waals surface area contributed by atoms with Crippen LogP contribution in [0.4, 0.5) is 0 Å². The van der Waals surface area contributed by atoms with Gasteiger partial charge in [0.2, 0.25) is 5.91 Å². The minimum Gasteiger partial charge on any atom is -0.349 e. The molecule has 8 heteroatoms. The molecule has 0 aliphatic carbocycles. The number of fused-ring (bicyclic) bond motifs is 1. The number of rotatable bonds is 5. The van der Waals surface area contributed by atoms with Crippen molar-refractivity contribution in [1.29, 1.82) is 0 Å². The van der Waals surface area contributed by atoms with E-state index in [1.165, 1.54) is 0 Å². The molecule has 136 valence electrons. The molecule has 0 aromatic heterocycles. The van der Waals surface area contributed by atoms with Crippen LogP contribution in [-0.2, 0) is 14.8 Å². The minimum atomic E-state index is -3.67. The van der Waals surface area contributed by atoms with Gasteiger partial charge in [-0.25, -0.2) is 0 Å². The number of carbonyl (C=O) groups is 1. The van der Waals surface area contributed by atoms with Gasteiger partial charge < -0.3 is 15.1 Å². The Morgan fingerprint density at radius 2 is 2.12 bits per heavy atom. The summed E-state index contributed by atoms with van der Waals surface area (Å²) < 4.78 is 28.2. The Kier molecular flexibility index (Phi) is 5.10. The first-order chi connectivity index (χ1) is 11.9. The predicted molar refractivity (Wildman–Crippen MR) is 96.1 cm³/mol. The average Bonchev–Trinajstić information content (AvgIpc) is 3.19. The van der Waals surface area contributed by atoms with Crippen LogP contribution in [0.3, 0.4) is 0 Å². The number of likely N-dealkylation sites (N-methyl/N-ethyl adjacent to an activating group) is 1. The first-order valence-electron chi connectivity index (χ1n) is 8.59. The molecule has 25 heavy (non-hydrogen) atoms. The highest BCUT2D eigenvalue weighted by molar-refractivity contribution is 7.90. The second-order valence-corrected chi connectivity index (χ2v) is 8.05. The van der Waals surface area contributed by atoms with Crippen molar-refractivity contribution in [2.24, 2.45) is 4.40 Å². The monoisotopic (exact) mass is 364 g/mol. The van der Waals surface area contributed by atoms with Gasteiger partial charge in [-0.05, 0) is 31.5 Å². The van der Waals surface area contributed by atoms with Crippen LogP contribution in [0.25, 0.3) is 0 Å².